The van der Waals surface area contributed by atoms with Gasteiger partial charge in [0.25, 0.3) is 0 Å². The van der Waals surface area contributed by atoms with Gasteiger partial charge in [-0.2, -0.15) is 0 Å². The highest BCUT2D eigenvalue weighted by atomic mass is 127. The maximum atomic E-state index is 6.03. The monoisotopic (exact) mass is 457 g/mol. The number of hydrogen-bond donors (Lipinski definition) is 2. The summed E-state index contributed by atoms with van der Waals surface area (Å²) in [7, 11) is 0. The van der Waals surface area contributed by atoms with Crippen LogP contribution in [0.3, 0.4) is 0 Å². The van der Waals surface area contributed by atoms with Crippen molar-refractivity contribution in [3.8, 4) is 5.75 Å². The highest BCUT2D eigenvalue weighted by Crippen LogP contribution is 2.31. The Labute approximate surface area is 164 Å². The first-order valence-corrected chi connectivity index (χ1v) is 8.13. The largest absolute Gasteiger partial charge is 0.493 e. The fourth-order valence-electron chi connectivity index (χ4n) is 2.71. The molecule has 1 aliphatic heterocycles. The van der Waals surface area contributed by atoms with Gasteiger partial charge in [0.05, 0.1) is 12.6 Å². The van der Waals surface area contributed by atoms with E-state index >= 15 is 0 Å². The molecule has 1 atom stereocenters. The van der Waals surface area contributed by atoms with Crippen molar-refractivity contribution < 1.29 is 4.74 Å². The summed E-state index contributed by atoms with van der Waals surface area (Å²) in [5, 5.41) is 4.04. The van der Waals surface area contributed by atoms with Gasteiger partial charge in [-0.15, -0.1) is 24.0 Å². The predicted octanol–water partition coefficient (Wildman–Crippen LogP) is 3.93. The first kappa shape index (κ1) is 18.9. The molecule has 0 radical (unpaired) electrons. The second kappa shape index (κ2) is 9.13. The van der Waals surface area contributed by atoms with E-state index < -0.39 is 0 Å². The number of rotatable bonds is 4. The molecule has 4 nitrogen and oxygen atoms in total. The summed E-state index contributed by atoms with van der Waals surface area (Å²) in [5.74, 6) is 1.39. The van der Waals surface area contributed by atoms with Crippen LogP contribution >= 0.6 is 35.6 Å². The van der Waals surface area contributed by atoms with Crippen LogP contribution in [0.2, 0.25) is 5.02 Å². The molecule has 1 unspecified atom stereocenters. The van der Waals surface area contributed by atoms with E-state index in [1.165, 1.54) is 0 Å². The average Bonchev–Trinajstić information content (AvgIpc) is 2.55. The van der Waals surface area contributed by atoms with Gasteiger partial charge in [-0.3, -0.25) is 4.99 Å². The van der Waals surface area contributed by atoms with E-state index in [9.17, 15) is 0 Å². The van der Waals surface area contributed by atoms with Crippen molar-refractivity contribution in [3.05, 3.63) is 64.7 Å². The number of hydrogen-bond acceptors (Lipinski definition) is 2. The van der Waals surface area contributed by atoms with Gasteiger partial charge in [0.2, 0.25) is 0 Å². The lowest BCUT2D eigenvalue weighted by atomic mass is 10.0. The van der Waals surface area contributed by atoms with Gasteiger partial charge in [-0.05, 0) is 30.2 Å². The van der Waals surface area contributed by atoms with Crippen molar-refractivity contribution in [2.24, 2.45) is 10.7 Å². The van der Waals surface area contributed by atoms with Crippen molar-refractivity contribution in [2.75, 3.05) is 13.2 Å². The summed E-state index contributed by atoms with van der Waals surface area (Å²) >= 11 is 5.98. The second-order valence-electron chi connectivity index (χ2n) is 5.52. The first-order chi connectivity index (χ1) is 11.2. The molecule has 2 aromatic rings. The fourth-order valence-corrected chi connectivity index (χ4v) is 2.93. The van der Waals surface area contributed by atoms with Crippen LogP contribution in [0.1, 0.15) is 23.6 Å². The van der Waals surface area contributed by atoms with E-state index in [1.54, 1.807) is 0 Å². The number of benzene rings is 2. The smallest absolute Gasteiger partial charge is 0.189 e. The molecule has 24 heavy (non-hydrogen) atoms. The highest BCUT2D eigenvalue weighted by molar-refractivity contribution is 14.0. The molecule has 3 N–H and O–H groups in total. The second-order valence-corrected chi connectivity index (χ2v) is 5.96. The molecule has 3 rings (SSSR count). The molecule has 0 bridgehead atoms. The lowest BCUT2D eigenvalue weighted by Crippen LogP contribution is -2.37. The van der Waals surface area contributed by atoms with Crippen LogP contribution in [-0.2, 0) is 6.42 Å². The summed E-state index contributed by atoms with van der Waals surface area (Å²) in [6.07, 6.45) is 1.69. The predicted molar refractivity (Wildman–Crippen MR) is 109 cm³/mol. The molecule has 1 heterocycles. The molecule has 6 heteroatoms. The topological polar surface area (TPSA) is 59.6 Å². The van der Waals surface area contributed by atoms with Crippen LogP contribution in [-0.4, -0.2) is 19.1 Å². The van der Waals surface area contributed by atoms with Gasteiger partial charge in [-0.25, -0.2) is 0 Å². The van der Waals surface area contributed by atoms with E-state index in [0.29, 0.717) is 19.1 Å². The van der Waals surface area contributed by atoms with Gasteiger partial charge in [0.1, 0.15) is 5.75 Å². The quantitative estimate of drug-likeness (QED) is 0.415. The van der Waals surface area contributed by atoms with Crippen LogP contribution in [0.4, 0.5) is 0 Å². The first-order valence-electron chi connectivity index (χ1n) is 7.75. The number of nitrogens with zero attached hydrogens (tertiary/aromatic N) is 1. The van der Waals surface area contributed by atoms with Gasteiger partial charge in [-0.1, -0.05) is 41.9 Å². The summed E-state index contributed by atoms with van der Waals surface area (Å²) in [4.78, 5) is 4.42. The van der Waals surface area contributed by atoms with Gasteiger partial charge < -0.3 is 15.8 Å². The molecule has 0 fully saturated rings. The highest BCUT2D eigenvalue weighted by Gasteiger charge is 2.21. The van der Waals surface area contributed by atoms with E-state index in [4.69, 9.17) is 22.1 Å². The Morgan fingerprint density at radius 3 is 2.92 bits per heavy atom. The Hall–Kier alpha value is -1.47. The van der Waals surface area contributed by atoms with Gasteiger partial charge >= 0.3 is 0 Å². The number of halogens is 2. The Morgan fingerprint density at radius 1 is 1.25 bits per heavy atom. The maximum absolute atomic E-state index is 6.03. The zero-order valence-corrected chi connectivity index (χ0v) is 16.3. The molecule has 0 amide bonds. The Morgan fingerprint density at radius 2 is 2.08 bits per heavy atom. The Bertz CT molecular complexity index is 708. The lowest BCUT2D eigenvalue weighted by molar-refractivity contribution is 0.262. The maximum Gasteiger partial charge on any atom is 0.189 e. The summed E-state index contributed by atoms with van der Waals surface area (Å²) in [5.41, 5.74) is 8.32. The average molecular weight is 458 g/mol. The number of nitrogens with one attached hydrogen (secondary N) is 1. The van der Waals surface area contributed by atoms with Crippen LogP contribution in [0.5, 0.6) is 5.75 Å². The summed E-state index contributed by atoms with van der Waals surface area (Å²) < 4.78 is 5.65. The molecule has 0 saturated carbocycles. The molecule has 0 aliphatic carbocycles. The summed E-state index contributed by atoms with van der Waals surface area (Å²) in [6.45, 7) is 1.31. The minimum Gasteiger partial charge on any atom is -0.493 e. The standard InChI is InChI=1S/C18H20ClN3O.HI/c19-14-5-3-4-13(12-14)8-10-21-18(20)22-16-9-11-23-17-7-2-1-6-15(16)17;/h1-7,12,16H,8-11H2,(H3,20,21,22);1H. The summed E-state index contributed by atoms with van der Waals surface area (Å²) in [6, 6.07) is 16.0. The Kier molecular flexibility index (Phi) is 7.17. The molecule has 2 aromatic carbocycles. The number of guanidine groups is 1. The SMILES string of the molecule is I.NC(=NCCc1cccc(Cl)c1)NC1CCOc2ccccc21. The van der Waals surface area contributed by atoms with E-state index in [1.807, 2.05) is 42.5 Å². The minimum absolute atomic E-state index is 0. The zero-order chi connectivity index (χ0) is 16.1. The minimum atomic E-state index is 0. The van der Waals surface area contributed by atoms with E-state index in [-0.39, 0.29) is 30.0 Å². The van der Waals surface area contributed by atoms with Crippen molar-refractivity contribution in [1.29, 1.82) is 0 Å². The molecule has 0 spiro atoms. The van der Waals surface area contributed by atoms with Gasteiger partial charge in [0.15, 0.2) is 5.96 Å². The zero-order valence-electron chi connectivity index (χ0n) is 13.2. The number of nitrogens with two attached hydrogens (primary N) is 1. The van der Waals surface area contributed by atoms with Crippen LogP contribution in [0.15, 0.2) is 53.5 Å². The third kappa shape index (κ3) is 5.01. The van der Waals surface area contributed by atoms with Crippen LogP contribution < -0.4 is 15.8 Å². The normalized spacial score (nSPS) is 16.5. The molecule has 1 aliphatic rings. The van der Waals surface area contributed by atoms with Crippen LogP contribution in [0.25, 0.3) is 0 Å². The van der Waals surface area contributed by atoms with Crippen molar-refractivity contribution >= 4 is 41.5 Å². The van der Waals surface area contributed by atoms with Crippen LogP contribution in [0, 0.1) is 0 Å². The number of fused-ring (bicyclic) bond motifs is 1. The third-order valence-corrected chi connectivity index (χ3v) is 4.09. The van der Waals surface area contributed by atoms with Gasteiger partial charge in [0, 0.05) is 23.6 Å². The molecule has 128 valence electrons. The van der Waals surface area contributed by atoms with Crippen molar-refractivity contribution in [2.45, 2.75) is 18.9 Å². The lowest BCUT2D eigenvalue weighted by Gasteiger charge is -2.26. The number of para-hydroxylation sites is 1. The third-order valence-electron chi connectivity index (χ3n) is 3.85. The van der Waals surface area contributed by atoms with Crippen molar-refractivity contribution in [3.63, 3.8) is 0 Å². The number of aliphatic imine (C=N–C) groups is 1. The van der Waals surface area contributed by atoms with E-state index in [2.05, 4.69) is 16.4 Å². The molecule has 0 saturated heterocycles. The Balaban J connectivity index is 0.00000208. The number of ether oxygens (including phenoxy) is 1. The molecule has 0 aromatic heterocycles. The molecular weight excluding hydrogens is 437 g/mol. The van der Waals surface area contributed by atoms with E-state index in [0.717, 1.165) is 34.7 Å². The fraction of sp³-hybridized carbons (Fsp3) is 0.278. The molecular formula is C18H21ClIN3O. The van der Waals surface area contributed by atoms with Crippen molar-refractivity contribution in [1.82, 2.24) is 5.32 Å².